The fourth-order valence-corrected chi connectivity index (χ4v) is 4.35. The molecule has 2 N–H and O–H groups in total. The van der Waals surface area contributed by atoms with Crippen LogP contribution in [-0.2, 0) is 11.0 Å². The summed E-state index contributed by atoms with van der Waals surface area (Å²) in [6.45, 7) is 1.96. The third-order valence-corrected chi connectivity index (χ3v) is 6.35. The number of carbonyl (C=O) groups is 2. The molecule has 11 heteroatoms. The van der Waals surface area contributed by atoms with E-state index in [0.717, 1.165) is 12.1 Å². The zero-order chi connectivity index (χ0) is 23.8. The molecule has 2 aromatic rings. The second-order valence-corrected chi connectivity index (χ2v) is 8.76. The molecule has 1 amide bonds. The van der Waals surface area contributed by atoms with Crippen molar-refractivity contribution in [2.45, 2.75) is 32.0 Å². The number of aliphatic carboxylic acids is 1. The summed E-state index contributed by atoms with van der Waals surface area (Å²) in [5.74, 6) is -2.34. The molecule has 1 saturated heterocycles. The van der Waals surface area contributed by atoms with Gasteiger partial charge in [-0.3, -0.25) is 9.59 Å². The Morgan fingerprint density at radius 3 is 2.34 bits per heavy atom. The van der Waals surface area contributed by atoms with E-state index in [0.29, 0.717) is 0 Å². The number of benzene rings is 2. The van der Waals surface area contributed by atoms with Crippen LogP contribution in [0.15, 0.2) is 30.3 Å². The van der Waals surface area contributed by atoms with Gasteiger partial charge in [0.25, 0.3) is 5.91 Å². The largest absolute Gasteiger partial charge is 0.481 e. The average Bonchev–Trinajstić information content (AvgIpc) is 2.69. The smallest absolute Gasteiger partial charge is 0.416 e. The number of hydrogen-bond acceptors (Lipinski definition) is 3. The van der Waals surface area contributed by atoms with Crippen molar-refractivity contribution in [1.29, 1.82) is 0 Å². The third kappa shape index (κ3) is 5.24. The topological polar surface area (TPSA) is 69.6 Å². The van der Waals surface area contributed by atoms with Gasteiger partial charge in [0, 0.05) is 18.3 Å². The zero-order valence-corrected chi connectivity index (χ0v) is 18.9. The average molecular weight is 510 g/mol. The lowest BCUT2D eigenvalue weighted by Gasteiger charge is -2.39. The third-order valence-electron chi connectivity index (χ3n) is 5.33. The van der Waals surface area contributed by atoms with Crippen molar-refractivity contribution in [1.82, 2.24) is 0 Å². The number of nitrogens with zero attached hydrogens (tertiary/aromatic N) is 1. The molecule has 0 aliphatic carbocycles. The molecule has 0 aromatic heterocycles. The molecule has 0 radical (unpaired) electrons. The van der Waals surface area contributed by atoms with Crippen molar-refractivity contribution in [3.05, 3.63) is 56.5 Å². The van der Waals surface area contributed by atoms with Gasteiger partial charge in [-0.1, -0.05) is 34.8 Å². The van der Waals surface area contributed by atoms with Crippen molar-refractivity contribution in [3.8, 4) is 0 Å². The van der Waals surface area contributed by atoms with Crippen LogP contribution < -0.4 is 10.2 Å². The van der Waals surface area contributed by atoms with Crippen LogP contribution in [0.4, 0.5) is 24.5 Å². The molecule has 3 rings (SSSR count). The molecule has 2 unspecified atom stereocenters. The number of piperidine rings is 1. The fraction of sp³-hybridized carbons (Fsp3) is 0.333. The summed E-state index contributed by atoms with van der Waals surface area (Å²) in [7, 11) is 0. The number of halogens is 6. The summed E-state index contributed by atoms with van der Waals surface area (Å²) in [6.07, 6.45) is -4.19. The molecule has 2 atom stereocenters. The molecular weight excluding hydrogens is 492 g/mol. The number of carbonyl (C=O) groups excluding carboxylic acids is 1. The summed E-state index contributed by atoms with van der Waals surface area (Å²) >= 11 is 18.1. The van der Waals surface area contributed by atoms with Crippen LogP contribution in [0.3, 0.4) is 0 Å². The van der Waals surface area contributed by atoms with Gasteiger partial charge in [-0.15, -0.1) is 0 Å². The summed E-state index contributed by atoms with van der Waals surface area (Å²) < 4.78 is 40.3. The molecule has 1 aliphatic rings. The van der Waals surface area contributed by atoms with Crippen LogP contribution in [0.1, 0.15) is 35.7 Å². The van der Waals surface area contributed by atoms with Gasteiger partial charge in [0.05, 0.1) is 37.8 Å². The Balaban J connectivity index is 2.04. The van der Waals surface area contributed by atoms with Crippen molar-refractivity contribution < 1.29 is 27.9 Å². The van der Waals surface area contributed by atoms with Crippen molar-refractivity contribution in [3.63, 3.8) is 0 Å². The quantitative estimate of drug-likeness (QED) is 0.487. The standard InChI is InChI=1S/C21H18Cl3F3N2O3/c1-10-6-11(20(31)32)4-5-29(10)18-14(7-12(8-17(18)24)21(25,26)27)19(30)28-13-2-3-15(22)16(23)9-13/h2-3,7-11H,4-6H2,1H3,(H,28,30)(H,31,32). The lowest BCUT2D eigenvalue weighted by atomic mass is 9.90. The first kappa shape index (κ1) is 24.5. The van der Waals surface area contributed by atoms with E-state index in [1.807, 2.05) is 0 Å². The Hall–Kier alpha value is -2.16. The maximum absolute atomic E-state index is 13.4. The predicted molar refractivity (Wildman–Crippen MR) is 118 cm³/mol. The Kier molecular flexibility index (Phi) is 7.17. The van der Waals surface area contributed by atoms with Gasteiger partial charge in [-0.2, -0.15) is 13.2 Å². The molecule has 1 fully saturated rings. The van der Waals surface area contributed by atoms with Gasteiger partial charge in [0.15, 0.2) is 0 Å². The minimum atomic E-state index is -4.72. The molecule has 0 spiro atoms. The van der Waals surface area contributed by atoms with Gasteiger partial charge in [0.2, 0.25) is 0 Å². The number of alkyl halides is 3. The maximum Gasteiger partial charge on any atom is 0.416 e. The van der Waals surface area contributed by atoms with Gasteiger partial charge < -0.3 is 15.3 Å². The molecule has 0 saturated carbocycles. The summed E-state index contributed by atoms with van der Waals surface area (Å²) in [6, 6.07) is 5.42. The minimum absolute atomic E-state index is 0.119. The normalized spacial score (nSPS) is 19.0. The summed E-state index contributed by atoms with van der Waals surface area (Å²) in [5.41, 5.74) is -0.995. The van der Waals surface area contributed by atoms with Crippen molar-refractivity contribution in [2.75, 3.05) is 16.8 Å². The Morgan fingerprint density at radius 2 is 1.78 bits per heavy atom. The number of rotatable bonds is 4. The zero-order valence-electron chi connectivity index (χ0n) is 16.6. The molecule has 32 heavy (non-hydrogen) atoms. The second kappa shape index (κ2) is 9.37. The molecule has 0 bridgehead atoms. The van der Waals surface area contributed by atoms with Crippen molar-refractivity contribution in [2.24, 2.45) is 5.92 Å². The van der Waals surface area contributed by atoms with Crippen LogP contribution in [0.25, 0.3) is 0 Å². The maximum atomic E-state index is 13.4. The Bertz CT molecular complexity index is 1060. The first-order chi connectivity index (χ1) is 14.9. The summed E-state index contributed by atoms with van der Waals surface area (Å²) in [4.78, 5) is 26.1. The van der Waals surface area contributed by atoms with Crippen LogP contribution >= 0.6 is 34.8 Å². The highest BCUT2D eigenvalue weighted by atomic mass is 35.5. The highest BCUT2D eigenvalue weighted by molar-refractivity contribution is 6.42. The van der Waals surface area contributed by atoms with Crippen LogP contribution in [-0.4, -0.2) is 29.6 Å². The first-order valence-corrected chi connectivity index (χ1v) is 10.7. The lowest BCUT2D eigenvalue weighted by molar-refractivity contribution is -0.142. The van der Waals surface area contributed by atoms with E-state index in [4.69, 9.17) is 34.8 Å². The van der Waals surface area contributed by atoms with Crippen molar-refractivity contribution >= 4 is 58.1 Å². The number of carboxylic acids is 1. The molecular formula is C21H18Cl3F3N2O3. The second-order valence-electron chi connectivity index (χ2n) is 7.54. The fourth-order valence-electron chi connectivity index (χ4n) is 3.73. The highest BCUT2D eigenvalue weighted by Crippen LogP contribution is 2.41. The van der Waals surface area contributed by atoms with Gasteiger partial charge in [-0.25, -0.2) is 0 Å². The van der Waals surface area contributed by atoms with E-state index in [-0.39, 0.29) is 57.4 Å². The van der Waals surface area contributed by atoms with E-state index in [9.17, 15) is 27.9 Å². The molecule has 172 valence electrons. The van der Waals surface area contributed by atoms with E-state index in [2.05, 4.69) is 5.32 Å². The predicted octanol–water partition coefficient (Wildman–Crippen LogP) is 6.61. The Morgan fingerprint density at radius 1 is 1.09 bits per heavy atom. The molecule has 2 aromatic carbocycles. The number of amides is 1. The lowest BCUT2D eigenvalue weighted by Crippen LogP contribution is -2.43. The van der Waals surface area contributed by atoms with Crippen LogP contribution in [0, 0.1) is 5.92 Å². The minimum Gasteiger partial charge on any atom is -0.481 e. The monoisotopic (exact) mass is 508 g/mol. The summed E-state index contributed by atoms with van der Waals surface area (Å²) in [5, 5.41) is 12.0. The van der Waals surface area contributed by atoms with Crippen LogP contribution in [0.2, 0.25) is 15.1 Å². The molecule has 1 heterocycles. The van der Waals surface area contributed by atoms with Gasteiger partial charge in [-0.05, 0) is 50.1 Å². The SMILES string of the molecule is CC1CC(C(=O)O)CCN1c1c(Cl)cc(C(F)(F)F)cc1C(=O)Nc1ccc(Cl)c(Cl)c1. The Labute approximate surface area is 197 Å². The molecule has 1 aliphatic heterocycles. The van der Waals surface area contributed by atoms with Gasteiger partial charge in [0.1, 0.15) is 0 Å². The number of nitrogens with one attached hydrogen (secondary N) is 1. The van der Waals surface area contributed by atoms with E-state index in [1.54, 1.807) is 11.8 Å². The van der Waals surface area contributed by atoms with E-state index in [1.165, 1.54) is 18.2 Å². The van der Waals surface area contributed by atoms with E-state index >= 15 is 0 Å². The number of hydrogen-bond donors (Lipinski definition) is 2. The number of carboxylic acid groups (broad SMARTS) is 1. The van der Waals surface area contributed by atoms with Crippen LogP contribution in [0.5, 0.6) is 0 Å². The van der Waals surface area contributed by atoms with E-state index < -0.39 is 29.5 Å². The number of anilines is 2. The molecule has 5 nitrogen and oxygen atoms in total. The highest BCUT2D eigenvalue weighted by Gasteiger charge is 2.36. The first-order valence-electron chi connectivity index (χ1n) is 9.55. The van der Waals surface area contributed by atoms with Gasteiger partial charge >= 0.3 is 12.1 Å².